The molecule has 0 rings (SSSR count). The number of carbonyl (C=O) groups excluding carboxylic acids is 2. The Hall–Kier alpha value is -0.850. The van der Waals surface area contributed by atoms with Gasteiger partial charge in [0.1, 0.15) is 0 Å². The Morgan fingerprint density at radius 1 is 1.37 bits per heavy atom. The van der Waals surface area contributed by atoms with Crippen LogP contribution in [0.3, 0.4) is 0 Å². The first-order valence-corrected chi connectivity index (χ1v) is 6.15. The summed E-state index contributed by atoms with van der Waals surface area (Å²) in [6.45, 7) is 5.69. The average Bonchev–Trinajstić information content (AvgIpc) is 2.32. The number of hydrogen-bond donors (Lipinski definition) is 3. The minimum atomic E-state index is -1.37. The van der Waals surface area contributed by atoms with Gasteiger partial charge >= 0.3 is 5.97 Å². The van der Waals surface area contributed by atoms with Crippen molar-refractivity contribution < 1.29 is 19.4 Å². The largest absolute Gasteiger partial charge is 0.467 e. The number of halogens is 1. The second kappa shape index (κ2) is 10.00. The second-order valence-electron chi connectivity index (χ2n) is 4.73. The smallest absolute Gasteiger partial charge is 0.336 e. The molecule has 3 atom stereocenters. The summed E-state index contributed by atoms with van der Waals surface area (Å²) in [5.41, 5.74) is 5.72. The highest BCUT2D eigenvalue weighted by Crippen LogP contribution is 2.05. The molecule has 0 saturated heterocycles. The first-order chi connectivity index (χ1) is 8.33. The lowest BCUT2D eigenvalue weighted by Gasteiger charge is -2.23. The minimum absolute atomic E-state index is 0. The van der Waals surface area contributed by atoms with E-state index in [9.17, 15) is 14.7 Å². The lowest BCUT2D eigenvalue weighted by atomic mass is 10.0. The molecule has 0 bridgehead atoms. The van der Waals surface area contributed by atoms with E-state index in [1.54, 1.807) is 6.92 Å². The van der Waals surface area contributed by atoms with Crippen molar-refractivity contribution in [1.29, 1.82) is 0 Å². The van der Waals surface area contributed by atoms with Crippen molar-refractivity contribution in [1.82, 2.24) is 5.32 Å². The number of amides is 1. The molecule has 0 heterocycles. The van der Waals surface area contributed by atoms with E-state index in [1.165, 1.54) is 7.11 Å². The number of nitrogens with two attached hydrogens (primary N) is 1. The Labute approximate surface area is 120 Å². The third-order valence-corrected chi connectivity index (χ3v) is 2.65. The van der Waals surface area contributed by atoms with E-state index in [2.05, 4.69) is 10.1 Å². The van der Waals surface area contributed by atoms with E-state index in [4.69, 9.17) is 5.73 Å². The lowest BCUT2D eigenvalue weighted by molar-refractivity contribution is -0.152. The molecule has 0 aliphatic carbocycles. The van der Waals surface area contributed by atoms with Gasteiger partial charge in [0.15, 0.2) is 6.10 Å². The summed E-state index contributed by atoms with van der Waals surface area (Å²) >= 11 is 0. The molecule has 0 radical (unpaired) electrons. The Morgan fingerprint density at radius 3 is 2.26 bits per heavy atom. The van der Waals surface area contributed by atoms with Gasteiger partial charge in [0.05, 0.1) is 19.2 Å². The van der Waals surface area contributed by atoms with Gasteiger partial charge < -0.3 is 20.9 Å². The van der Waals surface area contributed by atoms with Crippen molar-refractivity contribution >= 4 is 24.3 Å². The molecule has 7 heteroatoms. The van der Waals surface area contributed by atoms with E-state index in [1.807, 2.05) is 13.8 Å². The van der Waals surface area contributed by atoms with Crippen LogP contribution in [0.25, 0.3) is 0 Å². The number of rotatable bonds is 7. The van der Waals surface area contributed by atoms with Crippen LogP contribution in [-0.4, -0.2) is 42.3 Å². The van der Waals surface area contributed by atoms with Crippen LogP contribution in [0.5, 0.6) is 0 Å². The molecule has 0 aromatic rings. The molecule has 0 fully saturated rings. The number of ether oxygens (including phenoxy) is 1. The molecular weight excluding hydrogens is 272 g/mol. The summed E-state index contributed by atoms with van der Waals surface area (Å²) < 4.78 is 4.43. The van der Waals surface area contributed by atoms with Gasteiger partial charge in [-0.3, -0.25) is 4.79 Å². The normalized spacial score (nSPS) is 15.1. The SMILES string of the molecule is CCC(NC(=O)C(N)CC(C)C)C(O)C(=O)OC.Cl. The topological polar surface area (TPSA) is 102 Å². The fourth-order valence-electron chi connectivity index (χ4n) is 1.59. The van der Waals surface area contributed by atoms with E-state index in [0.29, 0.717) is 18.8 Å². The van der Waals surface area contributed by atoms with Crippen LogP contribution in [0.4, 0.5) is 0 Å². The number of hydrogen-bond acceptors (Lipinski definition) is 5. The monoisotopic (exact) mass is 296 g/mol. The van der Waals surface area contributed by atoms with Crippen LogP contribution in [0, 0.1) is 5.92 Å². The number of nitrogens with one attached hydrogen (secondary N) is 1. The number of esters is 1. The van der Waals surface area contributed by atoms with Crippen LogP contribution in [0.1, 0.15) is 33.6 Å². The summed E-state index contributed by atoms with van der Waals surface area (Å²) in [6, 6.07) is -1.31. The number of aliphatic hydroxyl groups excluding tert-OH is 1. The highest BCUT2D eigenvalue weighted by Gasteiger charge is 2.28. The lowest BCUT2D eigenvalue weighted by Crippen LogP contribution is -2.52. The van der Waals surface area contributed by atoms with Crippen molar-refractivity contribution in [2.45, 2.75) is 51.8 Å². The number of aliphatic hydroxyl groups is 1. The first kappa shape index (κ1) is 20.5. The zero-order chi connectivity index (χ0) is 14.3. The number of carbonyl (C=O) groups is 2. The summed E-state index contributed by atoms with van der Waals surface area (Å²) in [6.07, 6.45) is -0.400. The minimum Gasteiger partial charge on any atom is -0.467 e. The molecular formula is C12H25ClN2O4. The summed E-state index contributed by atoms with van der Waals surface area (Å²) in [7, 11) is 1.19. The molecule has 19 heavy (non-hydrogen) atoms. The molecule has 3 unspecified atom stereocenters. The van der Waals surface area contributed by atoms with Gasteiger partial charge in [0, 0.05) is 0 Å². The number of methoxy groups -OCH3 is 1. The third-order valence-electron chi connectivity index (χ3n) is 2.65. The highest BCUT2D eigenvalue weighted by atomic mass is 35.5. The fourth-order valence-corrected chi connectivity index (χ4v) is 1.59. The predicted octanol–water partition coefficient (Wildman–Crippen LogP) is 0.210. The zero-order valence-corrected chi connectivity index (χ0v) is 12.7. The Bertz CT molecular complexity index is 287. The molecule has 0 spiro atoms. The van der Waals surface area contributed by atoms with Gasteiger partial charge in [-0.2, -0.15) is 0 Å². The van der Waals surface area contributed by atoms with Crippen LogP contribution < -0.4 is 11.1 Å². The van der Waals surface area contributed by atoms with E-state index < -0.39 is 24.2 Å². The Morgan fingerprint density at radius 2 is 1.89 bits per heavy atom. The quantitative estimate of drug-likeness (QED) is 0.583. The Balaban J connectivity index is 0. The molecule has 6 nitrogen and oxygen atoms in total. The van der Waals surface area contributed by atoms with Crippen LogP contribution in [0.15, 0.2) is 0 Å². The van der Waals surface area contributed by atoms with Gasteiger partial charge in [-0.25, -0.2) is 4.79 Å². The maximum Gasteiger partial charge on any atom is 0.336 e. The van der Waals surface area contributed by atoms with Crippen LogP contribution in [-0.2, 0) is 14.3 Å². The maximum atomic E-state index is 11.8. The standard InChI is InChI=1S/C12H24N2O4.ClH/c1-5-9(10(15)12(17)18-4)14-11(16)8(13)6-7(2)3;/h7-10,15H,5-6,13H2,1-4H3,(H,14,16);1H. The predicted molar refractivity (Wildman–Crippen MR) is 74.9 cm³/mol. The van der Waals surface area contributed by atoms with E-state index >= 15 is 0 Å². The zero-order valence-electron chi connectivity index (χ0n) is 11.9. The highest BCUT2D eigenvalue weighted by molar-refractivity contribution is 5.85. The van der Waals surface area contributed by atoms with Gasteiger partial charge in [-0.05, 0) is 18.8 Å². The maximum absolute atomic E-state index is 11.8. The van der Waals surface area contributed by atoms with E-state index in [0.717, 1.165) is 0 Å². The molecule has 0 saturated carbocycles. The molecule has 0 aliphatic rings. The Kier molecular flexibility index (Phi) is 10.8. The molecule has 114 valence electrons. The van der Waals surface area contributed by atoms with Crippen molar-refractivity contribution in [3.05, 3.63) is 0 Å². The average molecular weight is 297 g/mol. The molecule has 0 aliphatic heterocycles. The van der Waals surface area contributed by atoms with Crippen LogP contribution >= 0.6 is 12.4 Å². The summed E-state index contributed by atoms with van der Waals surface area (Å²) in [4.78, 5) is 23.0. The van der Waals surface area contributed by atoms with E-state index in [-0.39, 0.29) is 18.3 Å². The third kappa shape index (κ3) is 7.34. The summed E-state index contributed by atoms with van der Waals surface area (Å²) in [5.74, 6) is -0.825. The summed E-state index contributed by atoms with van der Waals surface area (Å²) in [5, 5.41) is 12.2. The van der Waals surface area contributed by atoms with Gasteiger partial charge in [0.25, 0.3) is 0 Å². The molecule has 0 aromatic heterocycles. The van der Waals surface area contributed by atoms with Crippen molar-refractivity contribution in [3.8, 4) is 0 Å². The van der Waals surface area contributed by atoms with Crippen molar-refractivity contribution in [3.63, 3.8) is 0 Å². The van der Waals surface area contributed by atoms with Gasteiger partial charge in [0.2, 0.25) is 5.91 Å². The van der Waals surface area contributed by atoms with Crippen molar-refractivity contribution in [2.75, 3.05) is 7.11 Å². The first-order valence-electron chi connectivity index (χ1n) is 6.15. The fraction of sp³-hybridized carbons (Fsp3) is 0.833. The van der Waals surface area contributed by atoms with Gasteiger partial charge in [-0.1, -0.05) is 20.8 Å². The second-order valence-corrected chi connectivity index (χ2v) is 4.73. The molecule has 0 aromatic carbocycles. The molecule has 4 N–H and O–H groups in total. The molecule has 1 amide bonds. The van der Waals surface area contributed by atoms with Crippen molar-refractivity contribution in [2.24, 2.45) is 11.7 Å². The van der Waals surface area contributed by atoms with Gasteiger partial charge in [-0.15, -0.1) is 12.4 Å². The van der Waals surface area contributed by atoms with Crippen LogP contribution in [0.2, 0.25) is 0 Å².